The van der Waals surface area contributed by atoms with Crippen LogP contribution in [0.2, 0.25) is 0 Å². The second kappa shape index (κ2) is 3.38. The Morgan fingerprint density at radius 1 is 1.82 bits per heavy atom. The molecule has 0 saturated heterocycles. The minimum Gasteiger partial charge on any atom is -0.469 e. The lowest BCUT2D eigenvalue weighted by Crippen LogP contribution is -2.05. The molecule has 1 heterocycles. The number of aromatic nitrogens is 3. The first-order valence-electron chi connectivity index (χ1n) is 2.89. The summed E-state index contributed by atoms with van der Waals surface area (Å²) in [4.78, 5) is 14.5. The van der Waals surface area contributed by atoms with E-state index < -0.39 is 0 Å². The molecule has 0 saturated carbocycles. The van der Waals surface area contributed by atoms with Crippen LogP contribution in [0, 0.1) is 0 Å². The van der Waals surface area contributed by atoms with Crippen LogP contribution < -0.4 is 0 Å². The van der Waals surface area contributed by atoms with Crippen LogP contribution in [0.5, 0.6) is 0 Å². The maximum atomic E-state index is 10.7. The smallest absolute Gasteiger partial charge is 0.313 e. The second-order valence-electron chi connectivity index (χ2n) is 1.84. The van der Waals surface area contributed by atoms with Crippen molar-refractivity contribution in [2.24, 2.45) is 0 Å². The van der Waals surface area contributed by atoms with Gasteiger partial charge < -0.3 is 4.74 Å². The van der Waals surface area contributed by atoms with Crippen molar-refractivity contribution in [3.8, 4) is 0 Å². The molecular formula is C5H7N3O2S. The number of carbonyl (C=O) groups excluding carboxylic acids is 1. The molecule has 1 aromatic heterocycles. The molecule has 1 aromatic rings. The number of carbonyl (C=O) groups is 1. The number of H-pyrrole nitrogens is 1. The minimum atomic E-state index is -0.352. The van der Waals surface area contributed by atoms with Gasteiger partial charge in [-0.1, -0.05) is 0 Å². The third-order valence-electron chi connectivity index (χ3n) is 1.06. The Hall–Kier alpha value is -1.04. The lowest BCUT2D eigenvalue weighted by Gasteiger charge is -1.92. The molecule has 5 nitrogen and oxygen atoms in total. The molecule has 0 aromatic carbocycles. The highest BCUT2D eigenvalue weighted by atomic mass is 32.1. The van der Waals surface area contributed by atoms with Gasteiger partial charge in [-0.15, -0.1) is 17.7 Å². The number of ether oxygens (including phenoxy) is 1. The van der Waals surface area contributed by atoms with Gasteiger partial charge in [-0.25, -0.2) is 4.98 Å². The normalized spacial score (nSPS) is 9.64. The Morgan fingerprint density at radius 3 is 3.00 bits per heavy atom. The van der Waals surface area contributed by atoms with E-state index in [0.717, 1.165) is 0 Å². The van der Waals surface area contributed by atoms with E-state index in [1.165, 1.54) is 7.11 Å². The number of methoxy groups -OCH3 is 1. The van der Waals surface area contributed by atoms with Crippen molar-refractivity contribution in [1.29, 1.82) is 0 Å². The summed E-state index contributed by atoms with van der Waals surface area (Å²) in [6.45, 7) is 0. The highest BCUT2D eigenvalue weighted by Gasteiger charge is 2.05. The molecule has 0 fully saturated rings. The molecule has 0 aliphatic heterocycles. The van der Waals surface area contributed by atoms with Crippen molar-refractivity contribution in [3.05, 3.63) is 5.82 Å². The van der Waals surface area contributed by atoms with Gasteiger partial charge in [-0.2, -0.15) is 0 Å². The van der Waals surface area contributed by atoms with E-state index >= 15 is 0 Å². The van der Waals surface area contributed by atoms with Crippen LogP contribution in [0.3, 0.4) is 0 Å². The Balaban J connectivity index is 2.57. The van der Waals surface area contributed by atoms with Gasteiger partial charge in [-0.3, -0.25) is 9.89 Å². The minimum absolute atomic E-state index is 0.101. The third-order valence-corrected chi connectivity index (χ3v) is 1.26. The number of esters is 1. The van der Waals surface area contributed by atoms with Gasteiger partial charge in [0.2, 0.25) is 5.16 Å². The summed E-state index contributed by atoms with van der Waals surface area (Å²) >= 11 is 3.85. The molecule has 1 N–H and O–H groups in total. The van der Waals surface area contributed by atoms with Crippen molar-refractivity contribution in [2.75, 3.05) is 7.11 Å². The SMILES string of the molecule is COC(=O)Cc1nc(S)n[nH]1. The number of aromatic amines is 1. The van der Waals surface area contributed by atoms with E-state index in [9.17, 15) is 4.79 Å². The van der Waals surface area contributed by atoms with Crippen molar-refractivity contribution < 1.29 is 9.53 Å². The summed E-state index contributed by atoms with van der Waals surface area (Å²) < 4.78 is 4.41. The molecule has 0 radical (unpaired) electrons. The fourth-order valence-corrected chi connectivity index (χ4v) is 0.744. The maximum Gasteiger partial charge on any atom is 0.313 e. The molecular weight excluding hydrogens is 166 g/mol. The standard InChI is InChI=1S/C5H7N3O2S/c1-10-4(9)2-3-6-5(11)8-7-3/h2H2,1H3,(H2,6,7,8,11). The molecule has 60 valence electrons. The topological polar surface area (TPSA) is 67.9 Å². The zero-order chi connectivity index (χ0) is 8.27. The summed E-state index contributed by atoms with van der Waals surface area (Å²) in [6.07, 6.45) is 0.101. The van der Waals surface area contributed by atoms with Gasteiger partial charge in [0, 0.05) is 0 Å². The zero-order valence-electron chi connectivity index (χ0n) is 5.87. The van der Waals surface area contributed by atoms with Gasteiger partial charge in [0.15, 0.2) is 0 Å². The molecule has 11 heavy (non-hydrogen) atoms. The number of nitrogens with one attached hydrogen (secondary N) is 1. The molecule has 1 rings (SSSR count). The van der Waals surface area contributed by atoms with Gasteiger partial charge in [0.25, 0.3) is 0 Å². The average molecular weight is 173 g/mol. The lowest BCUT2D eigenvalue weighted by molar-refractivity contribution is -0.139. The number of hydrogen-bond acceptors (Lipinski definition) is 5. The maximum absolute atomic E-state index is 10.7. The molecule has 0 bridgehead atoms. The van der Waals surface area contributed by atoms with Crippen LogP contribution in [0.4, 0.5) is 0 Å². The van der Waals surface area contributed by atoms with E-state index in [0.29, 0.717) is 11.0 Å². The van der Waals surface area contributed by atoms with Crippen LogP contribution >= 0.6 is 12.6 Å². The Kier molecular flexibility index (Phi) is 2.48. The van der Waals surface area contributed by atoms with E-state index in [2.05, 4.69) is 32.5 Å². The summed E-state index contributed by atoms with van der Waals surface area (Å²) in [6, 6.07) is 0. The third kappa shape index (κ3) is 2.23. The van der Waals surface area contributed by atoms with E-state index in [4.69, 9.17) is 0 Å². The summed E-state index contributed by atoms with van der Waals surface area (Å²) in [7, 11) is 1.32. The average Bonchev–Trinajstić information content (AvgIpc) is 2.35. The first-order chi connectivity index (χ1) is 5.22. The molecule has 0 amide bonds. The lowest BCUT2D eigenvalue weighted by atomic mass is 10.4. The summed E-state index contributed by atoms with van der Waals surface area (Å²) in [5, 5.41) is 6.48. The van der Waals surface area contributed by atoms with Gasteiger partial charge >= 0.3 is 5.97 Å². The molecule has 0 atom stereocenters. The Labute approximate surface area is 68.6 Å². The molecule has 0 aliphatic carbocycles. The summed E-state index contributed by atoms with van der Waals surface area (Å²) in [5.41, 5.74) is 0. The first kappa shape index (κ1) is 8.06. The molecule has 0 unspecified atom stereocenters. The van der Waals surface area contributed by atoms with E-state index in [-0.39, 0.29) is 12.4 Å². The van der Waals surface area contributed by atoms with Crippen molar-refractivity contribution in [3.63, 3.8) is 0 Å². The number of nitrogens with zero attached hydrogens (tertiary/aromatic N) is 2. The van der Waals surface area contributed by atoms with Crippen molar-refractivity contribution in [1.82, 2.24) is 15.2 Å². The van der Waals surface area contributed by atoms with Crippen LogP contribution in [0.25, 0.3) is 0 Å². The fraction of sp³-hybridized carbons (Fsp3) is 0.400. The molecule has 0 spiro atoms. The van der Waals surface area contributed by atoms with Crippen LogP contribution in [-0.4, -0.2) is 28.3 Å². The van der Waals surface area contributed by atoms with Gasteiger partial charge in [0.1, 0.15) is 12.2 Å². The first-order valence-corrected chi connectivity index (χ1v) is 3.34. The predicted molar refractivity (Wildman–Crippen MR) is 39.4 cm³/mol. The molecule has 0 aliphatic rings. The highest BCUT2D eigenvalue weighted by Crippen LogP contribution is 1.97. The number of thiol groups is 1. The van der Waals surface area contributed by atoms with E-state index in [1.807, 2.05) is 0 Å². The number of rotatable bonds is 2. The highest BCUT2D eigenvalue weighted by molar-refractivity contribution is 7.80. The van der Waals surface area contributed by atoms with Gasteiger partial charge in [0.05, 0.1) is 7.11 Å². The van der Waals surface area contributed by atoms with Crippen LogP contribution in [0.1, 0.15) is 5.82 Å². The number of hydrogen-bond donors (Lipinski definition) is 2. The predicted octanol–water partition coefficient (Wildman–Crippen LogP) is -0.191. The van der Waals surface area contributed by atoms with Crippen molar-refractivity contribution >= 4 is 18.6 Å². The molecule has 6 heteroatoms. The van der Waals surface area contributed by atoms with Crippen LogP contribution in [-0.2, 0) is 16.0 Å². The van der Waals surface area contributed by atoms with E-state index in [1.54, 1.807) is 0 Å². The van der Waals surface area contributed by atoms with Crippen LogP contribution in [0.15, 0.2) is 5.16 Å². The Morgan fingerprint density at radius 2 is 2.55 bits per heavy atom. The van der Waals surface area contributed by atoms with Gasteiger partial charge in [-0.05, 0) is 0 Å². The monoisotopic (exact) mass is 173 g/mol. The Bertz CT molecular complexity index is 260. The quantitative estimate of drug-likeness (QED) is 0.480. The summed E-state index contributed by atoms with van der Waals surface area (Å²) in [5.74, 6) is 0.108. The largest absolute Gasteiger partial charge is 0.469 e. The second-order valence-corrected chi connectivity index (χ2v) is 2.24. The van der Waals surface area contributed by atoms with Crippen molar-refractivity contribution in [2.45, 2.75) is 11.6 Å². The fourth-order valence-electron chi connectivity index (χ4n) is 0.573. The zero-order valence-corrected chi connectivity index (χ0v) is 6.76.